The first-order valence-electron chi connectivity index (χ1n) is 10.3. The third-order valence-corrected chi connectivity index (χ3v) is 6.01. The van der Waals surface area contributed by atoms with E-state index in [1.807, 2.05) is 6.07 Å². The highest BCUT2D eigenvalue weighted by molar-refractivity contribution is 5.81. The van der Waals surface area contributed by atoms with Gasteiger partial charge in [-0.2, -0.15) is 0 Å². The van der Waals surface area contributed by atoms with Crippen LogP contribution in [0.5, 0.6) is 5.75 Å². The quantitative estimate of drug-likeness (QED) is 0.739. The fourth-order valence-electron chi connectivity index (χ4n) is 4.51. The number of ether oxygens (including phenoxy) is 1. The molecule has 0 unspecified atom stereocenters. The zero-order valence-electron chi connectivity index (χ0n) is 16.0. The first-order valence-corrected chi connectivity index (χ1v) is 10.3. The molecule has 1 saturated heterocycles. The molecule has 2 aliphatic rings. The Labute approximate surface area is 162 Å². The molecule has 2 atom stereocenters. The molecule has 0 N–H and O–H groups in total. The van der Waals surface area contributed by atoms with Gasteiger partial charge >= 0.3 is 0 Å². The van der Waals surface area contributed by atoms with E-state index < -0.39 is 0 Å². The number of carbonyl (C=O) groups excluding carboxylic acids is 1. The van der Waals surface area contributed by atoms with Crippen molar-refractivity contribution >= 4 is 5.78 Å². The van der Waals surface area contributed by atoms with Crippen molar-refractivity contribution in [2.24, 2.45) is 0 Å². The minimum Gasteiger partial charge on any atom is -0.492 e. The van der Waals surface area contributed by atoms with E-state index in [4.69, 9.17) is 4.74 Å². The minimum absolute atomic E-state index is 0.315. The second kappa shape index (κ2) is 8.71. The zero-order valence-corrected chi connectivity index (χ0v) is 16.0. The molecule has 27 heavy (non-hydrogen) atoms. The molecule has 0 amide bonds. The topological polar surface area (TPSA) is 29.5 Å². The summed E-state index contributed by atoms with van der Waals surface area (Å²) in [6.07, 6.45) is 5.03. The highest BCUT2D eigenvalue weighted by Crippen LogP contribution is 2.40. The van der Waals surface area contributed by atoms with Crippen LogP contribution in [0, 0.1) is 0 Å². The first-order chi connectivity index (χ1) is 13.3. The predicted octanol–water partition coefficient (Wildman–Crippen LogP) is 4.78. The Morgan fingerprint density at radius 1 is 0.852 bits per heavy atom. The molecule has 3 heteroatoms. The third kappa shape index (κ3) is 4.78. The molecule has 0 bridgehead atoms. The first kappa shape index (κ1) is 18.2. The maximum atomic E-state index is 12.3. The zero-order chi connectivity index (χ0) is 18.5. The molecule has 0 radical (unpaired) electrons. The molecule has 1 saturated carbocycles. The van der Waals surface area contributed by atoms with Crippen LogP contribution in [0.25, 0.3) is 0 Å². The molecular weight excluding hydrogens is 334 g/mol. The van der Waals surface area contributed by atoms with E-state index in [1.165, 1.54) is 37.1 Å². The van der Waals surface area contributed by atoms with Gasteiger partial charge in [0, 0.05) is 19.4 Å². The lowest BCUT2D eigenvalue weighted by Gasteiger charge is -2.29. The van der Waals surface area contributed by atoms with Gasteiger partial charge in [0.1, 0.15) is 18.1 Å². The van der Waals surface area contributed by atoms with Crippen LogP contribution in [-0.2, 0) is 4.79 Å². The predicted molar refractivity (Wildman–Crippen MR) is 108 cm³/mol. The standard InChI is InChI=1S/C24H29NO2/c26-23-17-21(19-6-2-1-3-7-19)16-22(18-23)20-8-10-24(11-9-20)27-15-14-25-12-4-5-13-25/h1-3,6-11,21-22H,4-5,12-18H2/t21-,22+/m1/s1. The van der Waals surface area contributed by atoms with Crippen molar-refractivity contribution in [1.29, 1.82) is 0 Å². The summed E-state index contributed by atoms with van der Waals surface area (Å²) in [5, 5.41) is 0. The van der Waals surface area contributed by atoms with Gasteiger partial charge < -0.3 is 4.74 Å². The second-order valence-electron chi connectivity index (χ2n) is 7.95. The SMILES string of the molecule is O=C1C[C@@H](c2ccc(OCCN3CCCC3)cc2)C[C@@H](c2ccccc2)C1. The highest BCUT2D eigenvalue weighted by Gasteiger charge is 2.29. The van der Waals surface area contributed by atoms with Gasteiger partial charge in [-0.1, -0.05) is 42.5 Å². The van der Waals surface area contributed by atoms with Gasteiger partial charge in [0.15, 0.2) is 0 Å². The van der Waals surface area contributed by atoms with Crippen molar-refractivity contribution in [1.82, 2.24) is 4.90 Å². The smallest absolute Gasteiger partial charge is 0.134 e. The van der Waals surface area contributed by atoms with Crippen LogP contribution >= 0.6 is 0 Å². The van der Waals surface area contributed by atoms with E-state index in [1.54, 1.807) is 0 Å². The number of nitrogens with zero attached hydrogens (tertiary/aromatic N) is 1. The second-order valence-corrected chi connectivity index (χ2v) is 7.95. The van der Waals surface area contributed by atoms with Gasteiger partial charge in [0.25, 0.3) is 0 Å². The molecule has 0 aromatic heterocycles. The van der Waals surface area contributed by atoms with E-state index in [0.29, 0.717) is 30.5 Å². The van der Waals surface area contributed by atoms with Crippen molar-refractivity contribution in [3.05, 3.63) is 65.7 Å². The summed E-state index contributed by atoms with van der Waals surface area (Å²) in [5.74, 6) is 1.97. The number of Topliss-reactive ketones (excluding diaryl/α,β-unsaturated/α-hetero) is 1. The summed E-state index contributed by atoms with van der Waals surface area (Å²) < 4.78 is 5.91. The molecule has 3 nitrogen and oxygen atoms in total. The molecule has 1 aliphatic carbocycles. The highest BCUT2D eigenvalue weighted by atomic mass is 16.5. The summed E-state index contributed by atoms with van der Waals surface area (Å²) >= 11 is 0. The van der Waals surface area contributed by atoms with Gasteiger partial charge in [-0.3, -0.25) is 9.69 Å². The van der Waals surface area contributed by atoms with Crippen molar-refractivity contribution in [2.75, 3.05) is 26.2 Å². The van der Waals surface area contributed by atoms with E-state index in [9.17, 15) is 4.79 Å². The number of hydrogen-bond acceptors (Lipinski definition) is 3. The Morgan fingerprint density at radius 3 is 2.15 bits per heavy atom. The average molecular weight is 364 g/mol. The summed E-state index contributed by atoms with van der Waals surface area (Å²) in [6.45, 7) is 4.18. The number of likely N-dealkylation sites (tertiary alicyclic amines) is 1. The Kier molecular flexibility index (Phi) is 5.88. The van der Waals surface area contributed by atoms with Crippen LogP contribution in [0.15, 0.2) is 54.6 Å². The normalized spacial score (nSPS) is 23.5. The fraction of sp³-hybridized carbons (Fsp3) is 0.458. The average Bonchev–Trinajstić information content (AvgIpc) is 3.22. The number of carbonyl (C=O) groups is 1. The number of rotatable bonds is 6. The van der Waals surface area contributed by atoms with E-state index in [2.05, 4.69) is 53.4 Å². The third-order valence-electron chi connectivity index (χ3n) is 6.01. The molecule has 4 rings (SSSR count). The van der Waals surface area contributed by atoms with Crippen LogP contribution < -0.4 is 4.74 Å². The molecule has 2 aromatic carbocycles. The van der Waals surface area contributed by atoms with E-state index in [0.717, 1.165) is 25.3 Å². The molecule has 2 fully saturated rings. The van der Waals surface area contributed by atoms with E-state index in [-0.39, 0.29) is 0 Å². The van der Waals surface area contributed by atoms with Crippen LogP contribution in [-0.4, -0.2) is 36.9 Å². The molecule has 2 aromatic rings. The minimum atomic E-state index is 0.315. The Bertz CT molecular complexity index is 735. The molecule has 1 heterocycles. The van der Waals surface area contributed by atoms with Crippen LogP contribution in [0.3, 0.4) is 0 Å². The monoisotopic (exact) mass is 363 g/mol. The molecule has 142 valence electrons. The number of hydrogen-bond donors (Lipinski definition) is 0. The van der Waals surface area contributed by atoms with Crippen LogP contribution in [0.2, 0.25) is 0 Å². The summed E-state index contributed by atoms with van der Waals surface area (Å²) in [4.78, 5) is 14.8. The lowest BCUT2D eigenvalue weighted by atomic mass is 9.75. The van der Waals surface area contributed by atoms with Gasteiger partial charge in [-0.05, 0) is 67.4 Å². The summed E-state index contributed by atoms with van der Waals surface area (Å²) in [7, 11) is 0. The van der Waals surface area contributed by atoms with E-state index >= 15 is 0 Å². The Balaban J connectivity index is 1.35. The largest absolute Gasteiger partial charge is 0.492 e. The number of ketones is 1. The Hall–Kier alpha value is -2.13. The number of benzene rings is 2. The van der Waals surface area contributed by atoms with Crippen molar-refractivity contribution < 1.29 is 9.53 Å². The van der Waals surface area contributed by atoms with Gasteiger partial charge in [-0.25, -0.2) is 0 Å². The van der Waals surface area contributed by atoms with Crippen LogP contribution in [0.4, 0.5) is 0 Å². The van der Waals surface area contributed by atoms with Gasteiger partial charge in [0.05, 0.1) is 0 Å². The van der Waals surface area contributed by atoms with Gasteiger partial charge in [-0.15, -0.1) is 0 Å². The lowest BCUT2D eigenvalue weighted by Crippen LogP contribution is -2.25. The van der Waals surface area contributed by atoms with Crippen molar-refractivity contribution in [2.45, 2.75) is 43.9 Å². The fourth-order valence-corrected chi connectivity index (χ4v) is 4.51. The lowest BCUT2D eigenvalue weighted by molar-refractivity contribution is -0.121. The van der Waals surface area contributed by atoms with Crippen molar-refractivity contribution in [3.8, 4) is 5.75 Å². The Morgan fingerprint density at radius 2 is 1.48 bits per heavy atom. The van der Waals surface area contributed by atoms with Gasteiger partial charge in [0.2, 0.25) is 0 Å². The summed E-state index contributed by atoms with van der Waals surface area (Å²) in [6, 6.07) is 18.9. The van der Waals surface area contributed by atoms with Crippen molar-refractivity contribution in [3.63, 3.8) is 0 Å². The molecule has 0 spiro atoms. The summed E-state index contributed by atoms with van der Waals surface area (Å²) in [5.41, 5.74) is 2.55. The maximum Gasteiger partial charge on any atom is 0.134 e. The molecular formula is C24H29NO2. The van der Waals surface area contributed by atoms with Crippen LogP contribution in [0.1, 0.15) is 55.1 Å². The molecule has 1 aliphatic heterocycles. The maximum absolute atomic E-state index is 12.3.